The normalized spacial score (nSPS) is 13.4. The third-order valence-electron chi connectivity index (χ3n) is 3.63. The van der Waals surface area contributed by atoms with E-state index in [9.17, 15) is 4.79 Å². The summed E-state index contributed by atoms with van der Waals surface area (Å²) in [5.74, 6) is 0.0204. The number of carbonyl (C=O) groups excluding carboxylic acids is 1. The molecule has 1 unspecified atom stereocenters. The van der Waals surface area contributed by atoms with Crippen molar-refractivity contribution in [1.82, 2.24) is 5.32 Å². The third-order valence-corrected chi connectivity index (χ3v) is 4.50. The van der Waals surface area contributed by atoms with Crippen molar-refractivity contribution in [2.24, 2.45) is 0 Å². The zero-order valence-corrected chi connectivity index (χ0v) is 15.6. The van der Waals surface area contributed by atoms with Gasteiger partial charge in [-0.25, -0.2) is 0 Å². The third kappa shape index (κ3) is 5.65. The molecule has 0 aromatic heterocycles. The van der Waals surface area contributed by atoms with Crippen LogP contribution >= 0.6 is 27.5 Å². The first-order chi connectivity index (χ1) is 11.0. The molecule has 0 aliphatic heterocycles. The Morgan fingerprint density at radius 2 is 1.87 bits per heavy atom. The summed E-state index contributed by atoms with van der Waals surface area (Å²) in [7, 11) is 2.02. The number of rotatable bonds is 6. The Balaban J connectivity index is 1.86. The van der Waals surface area contributed by atoms with Gasteiger partial charge >= 0.3 is 0 Å². The number of halogens is 2. The van der Waals surface area contributed by atoms with Gasteiger partial charge < -0.3 is 10.2 Å². The number of hydrogen-bond donors (Lipinski definition) is 2. The van der Waals surface area contributed by atoms with Crippen LogP contribution in [0.2, 0.25) is 5.02 Å². The first kappa shape index (κ1) is 18.0. The molecule has 5 heteroatoms. The van der Waals surface area contributed by atoms with E-state index in [-0.39, 0.29) is 11.9 Å². The number of likely N-dealkylation sites (N-methyl/N-ethyl adjacent to an activating group) is 1. The average Bonchev–Trinajstić information content (AvgIpc) is 2.49. The van der Waals surface area contributed by atoms with Crippen molar-refractivity contribution in [3.8, 4) is 0 Å². The summed E-state index contributed by atoms with van der Waals surface area (Å²) in [6.45, 7) is 3.18. The van der Waals surface area contributed by atoms with E-state index in [4.69, 9.17) is 11.6 Å². The highest BCUT2D eigenvalue weighted by molar-refractivity contribution is 9.10. The largest absolute Gasteiger partial charge is 0.345 e. The summed E-state index contributed by atoms with van der Waals surface area (Å²) >= 11 is 9.59. The Morgan fingerprint density at radius 3 is 2.52 bits per heavy atom. The molecule has 0 spiro atoms. The van der Waals surface area contributed by atoms with Gasteiger partial charge in [-0.2, -0.15) is 0 Å². The van der Waals surface area contributed by atoms with Crippen molar-refractivity contribution in [2.45, 2.75) is 19.5 Å². The second kappa shape index (κ2) is 8.48. The van der Waals surface area contributed by atoms with Crippen LogP contribution in [0.1, 0.15) is 24.1 Å². The molecular weight excluding hydrogens is 376 g/mol. The van der Waals surface area contributed by atoms with Crippen LogP contribution in [0, 0.1) is 0 Å². The van der Waals surface area contributed by atoms with E-state index in [1.54, 1.807) is 0 Å². The number of quaternary nitrogens is 1. The first-order valence-electron chi connectivity index (χ1n) is 7.55. The molecule has 2 N–H and O–H groups in total. The number of carbonyl (C=O) groups is 1. The van der Waals surface area contributed by atoms with Gasteiger partial charge in [0.25, 0.3) is 5.91 Å². The lowest BCUT2D eigenvalue weighted by Gasteiger charge is -2.18. The van der Waals surface area contributed by atoms with Crippen LogP contribution < -0.4 is 10.2 Å². The molecule has 23 heavy (non-hydrogen) atoms. The van der Waals surface area contributed by atoms with Crippen molar-refractivity contribution in [1.29, 1.82) is 0 Å². The monoisotopic (exact) mass is 395 g/mol. The highest BCUT2D eigenvalue weighted by Gasteiger charge is 2.15. The van der Waals surface area contributed by atoms with Gasteiger partial charge in [0, 0.05) is 15.1 Å². The van der Waals surface area contributed by atoms with Gasteiger partial charge in [-0.05, 0) is 30.7 Å². The standard InChI is InChI=1S/C18H20BrClN2O/c1-13(16-5-3-4-6-17(16)20)21-18(23)12-22(2)11-14-7-9-15(19)10-8-14/h3-10,13H,11-12H2,1-2H3,(H,21,23)/p+1/t13-/m1/s1. The van der Waals surface area contributed by atoms with Gasteiger partial charge in [0.05, 0.1) is 13.1 Å². The summed E-state index contributed by atoms with van der Waals surface area (Å²) in [4.78, 5) is 13.3. The van der Waals surface area contributed by atoms with Crippen LogP contribution in [0.25, 0.3) is 0 Å². The molecule has 2 atom stereocenters. The summed E-state index contributed by atoms with van der Waals surface area (Å²) in [5.41, 5.74) is 2.14. The molecule has 0 saturated heterocycles. The van der Waals surface area contributed by atoms with E-state index < -0.39 is 0 Å². The predicted octanol–water partition coefficient (Wildman–Crippen LogP) is 2.99. The molecule has 3 nitrogen and oxygen atoms in total. The first-order valence-corrected chi connectivity index (χ1v) is 8.72. The summed E-state index contributed by atoms with van der Waals surface area (Å²) in [6.07, 6.45) is 0. The van der Waals surface area contributed by atoms with Crippen LogP contribution in [0.5, 0.6) is 0 Å². The Hall–Kier alpha value is -1.36. The van der Waals surface area contributed by atoms with Crippen molar-refractivity contribution in [2.75, 3.05) is 13.6 Å². The summed E-state index contributed by atoms with van der Waals surface area (Å²) in [5, 5.41) is 3.69. The summed E-state index contributed by atoms with van der Waals surface area (Å²) < 4.78 is 1.06. The molecule has 2 aromatic carbocycles. The maximum atomic E-state index is 12.2. The van der Waals surface area contributed by atoms with Gasteiger partial charge in [0.15, 0.2) is 6.54 Å². The fourth-order valence-electron chi connectivity index (χ4n) is 2.48. The van der Waals surface area contributed by atoms with Crippen LogP contribution in [0.15, 0.2) is 53.0 Å². The second-order valence-electron chi connectivity index (χ2n) is 5.75. The fraction of sp³-hybridized carbons (Fsp3) is 0.278. The molecule has 2 aromatic rings. The van der Waals surface area contributed by atoms with Crippen LogP contribution in [-0.2, 0) is 11.3 Å². The molecule has 1 amide bonds. The van der Waals surface area contributed by atoms with Crippen LogP contribution in [0.4, 0.5) is 0 Å². The molecule has 0 aliphatic rings. The Kier molecular flexibility index (Phi) is 6.63. The molecular formula is C18H21BrClN2O+. The van der Waals surface area contributed by atoms with E-state index in [1.165, 1.54) is 5.56 Å². The second-order valence-corrected chi connectivity index (χ2v) is 7.07. The highest BCUT2D eigenvalue weighted by atomic mass is 79.9. The van der Waals surface area contributed by atoms with Crippen molar-refractivity contribution in [3.05, 3.63) is 69.2 Å². The molecule has 0 bridgehead atoms. The molecule has 0 aliphatic carbocycles. The van der Waals surface area contributed by atoms with Gasteiger partial charge in [0.2, 0.25) is 0 Å². The maximum absolute atomic E-state index is 12.2. The molecule has 2 rings (SSSR count). The minimum absolute atomic E-state index is 0.0204. The highest BCUT2D eigenvalue weighted by Crippen LogP contribution is 2.21. The molecule has 0 fully saturated rings. The van der Waals surface area contributed by atoms with Crippen molar-refractivity contribution < 1.29 is 9.69 Å². The predicted molar refractivity (Wildman–Crippen MR) is 97.6 cm³/mol. The van der Waals surface area contributed by atoms with Crippen LogP contribution in [-0.4, -0.2) is 19.5 Å². The Labute approximate surface area is 150 Å². The molecule has 0 radical (unpaired) electrons. The lowest BCUT2D eigenvalue weighted by Crippen LogP contribution is -3.08. The fourth-order valence-corrected chi connectivity index (χ4v) is 3.05. The average molecular weight is 397 g/mol. The topological polar surface area (TPSA) is 33.5 Å². The Bertz CT molecular complexity index is 660. The number of benzene rings is 2. The van der Waals surface area contributed by atoms with Crippen LogP contribution in [0.3, 0.4) is 0 Å². The Morgan fingerprint density at radius 1 is 1.22 bits per heavy atom. The number of hydrogen-bond acceptors (Lipinski definition) is 1. The van der Waals surface area contributed by atoms with Gasteiger partial charge in [0.1, 0.15) is 6.54 Å². The van der Waals surface area contributed by atoms with E-state index in [2.05, 4.69) is 33.4 Å². The lowest BCUT2D eigenvalue weighted by molar-refractivity contribution is -0.885. The van der Waals surface area contributed by atoms with Crippen molar-refractivity contribution >= 4 is 33.4 Å². The van der Waals surface area contributed by atoms with E-state index >= 15 is 0 Å². The van der Waals surface area contributed by atoms with Gasteiger partial charge in [-0.15, -0.1) is 0 Å². The molecule has 0 heterocycles. The van der Waals surface area contributed by atoms with E-state index in [0.717, 1.165) is 21.5 Å². The van der Waals surface area contributed by atoms with E-state index in [1.807, 2.05) is 50.4 Å². The molecule has 0 saturated carbocycles. The lowest BCUT2D eigenvalue weighted by atomic mass is 10.1. The minimum atomic E-state index is -0.100. The molecule has 122 valence electrons. The summed E-state index contributed by atoms with van der Waals surface area (Å²) in [6, 6.07) is 15.7. The minimum Gasteiger partial charge on any atom is -0.345 e. The zero-order valence-electron chi connectivity index (χ0n) is 13.3. The van der Waals surface area contributed by atoms with E-state index in [0.29, 0.717) is 11.6 Å². The SMILES string of the molecule is C[C@@H](NC(=O)C[NH+](C)Cc1ccc(Br)cc1)c1ccccc1Cl. The quantitative estimate of drug-likeness (QED) is 0.773. The number of amides is 1. The number of nitrogens with one attached hydrogen (secondary N) is 2. The maximum Gasteiger partial charge on any atom is 0.275 e. The smallest absolute Gasteiger partial charge is 0.275 e. The van der Waals surface area contributed by atoms with Gasteiger partial charge in [-0.1, -0.05) is 57.9 Å². The van der Waals surface area contributed by atoms with Gasteiger partial charge in [-0.3, -0.25) is 4.79 Å². The van der Waals surface area contributed by atoms with Crippen molar-refractivity contribution in [3.63, 3.8) is 0 Å². The zero-order chi connectivity index (χ0) is 16.8.